The zero-order valence-corrected chi connectivity index (χ0v) is 23.5. The van der Waals surface area contributed by atoms with Crippen molar-refractivity contribution in [3.8, 4) is 0 Å². The Bertz CT molecular complexity index is 1400. The number of benzene rings is 3. The van der Waals surface area contributed by atoms with Gasteiger partial charge in [0.25, 0.3) is 5.91 Å². The van der Waals surface area contributed by atoms with Crippen LogP contribution in [-0.4, -0.2) is 29.4 Å². The molecule has 0 aliphatic heterocycles. The Kier molecular flexibility index (Phi) is 10.0. The molecular formula is C33H35F3N2O4. The Hall–Kier alpha value is -4.14. The van der Waals surface area contributed by atoms with E-state index in [9.17, 15) is 27.6 Å². The fourth-order valence-corrected chi connectivity index (χ4v) is 5.45. The van der Waals surface area contributed by atoms with Crippen LogP contribution in [0.4, 0.5) is 18.9 Å². The van der Waals surface area contributed by atoms with Gasteiger partial charge in [-0.1, -0.05) is 61.7 Å². The maximum atomic E-state index is 13.6. The van der Waals surface area contributed by atoms with E-state index in [1.54, 1.807) is 24.3 Å². The number of carboxylic acids is 1. The molecule has 1 fully saturated rings. The van der Waals surface area contributed by atoms with Crippen molar-refractivity contribution >= 4 is 23.5 Å². The zero-order valence-electron chi connectivity index (χ0n) is 23.5. The van der Waals surface area contributed by atoms with Crippen molar-refractivity contribution in [3.05, 3.63) is 100 Å². The number of halogens is 3. The van der Waals surface area contributed by atoms with Crippen LogP contribution in [0.5, 0.6) is 0 Å². The molecule has 2 amide bonds. The number of hydrogen-bond acceptors (Lipinski definition) is 3. The van der Waals surface area contributed by atoms with E-state index in [2.05, 4.69) is 10.6 Å². The normalized spacial score (nSPS) is 14.7. The number of carbonyl (C=O) groups excluding carboxylic acids is 2. The third kappa shape index (κ3) is 8.21. The van der Waals surface area contributed by atoms with Gasteiger partial charge < -0.3 is 15.7 Å². The van der Waals surface area contributed by atoms with Crippen LogP contribution in [0.3, 0.4) is 0 Å². The molecule has 1 saturated carbocycles. The highest BCUT2D eigenvalue weighted by Gasteiger charge is 2.33. The monoisotopic (exact) mass is 580 g/mol. The van der Waals surface area contributed by atoms with Crippen molar-refractivity contribution in [3.63, 3.8) is 0 Å². The van der Waals surface area contributed by atoms with Gasteiger partial charge in [-0.25, -0.2) is 0 Å². The summed E-state index contributed by atoms with van der Waals surface area (Å²) in [6.07, 6.45) is 1.43. The fourth-order valence-electron chi connectivity index (χ4n) is 5.45. The highest BCUT2D eigenvalue weighted by molar-refractivity contribution is 5.96. The van der Waals surface area contributed by atoms with E-state index in [4.69, 9.17) is 5.11 Å². The second-order valence-corrected chi connectivity index (χ2v) is 10.9. The van der Waals surface area contributed by atoms with Gasteiger partial charge in [-0.15, -0.1) is 0 Å². The van der Waals surface area contributed by atoms with Gasteiger partial charge in [0.2, 0.25) is 5.91 Å². The number of anilines is 1. The van der Waals surface area contributed by atoms with Gasteiger partial charge in [0.15, 0.2) is 0 Å². The molecule has 42 heavy (non-hydrogen) atoms. The average Bonchev–Trinajstić information content (AvgIpc) is 2.97. The first-order chi connectivity index (χ1) is 20.0. The van der Waals surface area contributed by atoms with Gasteiger partial charge in [-0.2, -0.15) is 13.2 Å². The third-order valence-electron chi connectivity index (χ3n) is 7.82. The van der Waals surface area contributed by atoms with Crippen LogP contribution in [0.25, 0.3) is 0 Å². The standard InChI is InChI=1S/C33H35F3N2O4/c1-21-7-16-27(20-29(21)33(34,35)36)38-32(42)28(25-14-12-24(13-15-25)23-5-3-2-4-6-23)19-22-8-10-26(11-9-22)31(41)37-18-17-30(39)40/h7-16,20,23,28H,2-6,17-19H2,1H3,(H,37,41)(H,38,42)(H,39,40). The van der Waals surface area contributed by atoms with Crippen molar-refractivity contribution in [2.24, 2.45) is 0 Å². The molecule has 9 heteroatoms. The first-order valence-electron chi connectivity index (χ1n) is 14.2. The number of hydrogen-bond donors (Lipinski definition) is 3. The van der Waals surface area contributed by atoms with Crippen molar-refractivity contribution < 1.29 is 32.7 Å². The van der Waals surface area contributed by atoms with Crippen molar-refractivity contribution in [2.45, 2.75) is 69.9 Å². The predicted octanol–water partition coefficient (Wildman–Crippen LogP) is 7.23. The van der Waals surface area contributed by atoms with Crippen LogP contribution in [0.15, 0.2) is 66.7 Å². The summed E-state index contributed by atoms with van der Waals surface area (Å²) in [5.74, 6) is -2.07. The minimum atomic E-state index is -4.54. The number of alkyl halides is 3. The Morgan fingerprint density at radius 3 is 2.21 bits per heavy atom. The van der Waals surface area contributed by atoms with Crippen LogP contribution >= 0.6 is 0 Å². The molecular weight excluding hydrogens is 545 g/mol. The topological polar surface area (TPSA) is 95.5 Å². The number of aryl methyl sites for hydroxylation is 1. The third-order valence-corrected chi connectivity index (χ3v) is 7.82. The molecule has 0 spiro atoms. The molecule has 0 saturated heterocycles. The molecule has 4 rings (SSSR count). The number of rotatable bonds is 10. The maximum Gasteiger partial charge on any atom is 0.416 e. The van der Waals surface area contributed by atoms with E-state index in [0.29, 0.717) is 11.5 Å². The minimum absolute atomic E-state index is 0.00405. The molecule has 0 aromatic heterocycles. The van der Waals surface area contributed by atoms with Crippen molar-refractivity contribution in [1.82, 2.24) is 5.32 Å². The Morgan fingerprint density at radius 1 is 0.929 bits per heavy atom. The number of aliphatic carboxylic acids is 1. The lowest BCUT2D eigenvalue weighted by Gasteiger charge is -2.23. The summed E-state index contributed by atoms with van der Waals surface area (Å²) >= 11 is 0. The van der Waals surface area contributed by atoms with Gasteiger partial charge >= 0.3 is 12.1 Å². The van der Waals surface area contributed by atoms with Crippen LogP contribution in [0.2, 0.25) is 0 Å². The Labute approximate surface area is 243 Å². The van der Waals surface area contributed by atoms with E-state index < -0.39 is 35.4 Å². The largest absolute Gasteiger partial charge is 0.481 e. The number of nitrogens with one attached hydrogen (secondary N) is 2. The van der Waals surface area contributed by atoms with Gasteiger partial charge in [-0.05, 0) is 78.6 Å². The lowest BCUT2D eigenvalue weighted by molar-refractivity contribution is -0.138. The van der Waals surface area contributed by atoms with Crippen LogP contribution in [-0.2, 0) is 22.2 Å². The molecule has 1 aliphatic carbocycles. The summed E-state index contributed by atoms with van der Waals surface area (Å²) in [5, 5.41) is 14.0. The maximum absolute atomic E-state index is 13.6. The minimum Gasteiger partial charge on any atom is -0.481 e. The molecule has 3 N–H and O–H groups in total. The summed E-state index contributed by atoms with van der Waals surface area (Å²) in [4.78, 5) is 36.6. The van der Waals surface area contributed by atoms with Crippen molar-refractivity contribution in [1.29, 1.82) is 0 Å². The molecule has 1 aliphatic rings. The molecule has 1 atom stereocenters. The highest BCUT2D eigenvalue weighted by Crippen LogP contribution is 2.35. The predicted molar refractivity (Wildman–Crippen MR) is 155 cm³/mol. The quantitative estimate of drug-likeness (QED) is 0.236. The Balaban J connectivity index is 1.56. The molecule has 1 unspecified atom stereocenters. The van der Waals surface area contributed by atoms with Crippen LogP contribution in [0, 0.1) is 6.92 Å². The highest BCUT2D eigenvalue weighted by atomic mass is 19.4. The van der Waals surface area contributed by atoms with Gasteiger partial charge in [0.05, 0.1) is 17.9 Å². The summed E-state index contributed by atoms with van der Waals surface area (Å²) in [6, 6.07) is 18.3. The van der Waals surface area contributed by atoms with E-state index in [-0.39, 0.29) is 30.6 Å². The van der Waals surface area contributed by atoms with E-state index >= 15 is 0 Å². The summed E-state index contributed by atoms with van der Waals surface area (Å²) in [6.45, 7) is 1.38. The second-order valence-electron chi connectivity index (χ2n) is 10.9. The summed E-state index contributed by atoms with van der Waals surface area (Å²) in [5.41, 5.74) is 2.41. The molecule has 0 bridgehead atoms. The molecule has 3 aromatic carbocycles. The van der Waals surface area contributed by atoms with E-state index in [1.807, 2.05) is 24.3 Å². The first-order valence-corrected chi connectivity index (χ1v) is 14.2. The fraction of sp³-hybridized carbons (Fsp3) is 0.364. The molecule has 222 valence electrons. The summed E-state index contributed by atoms with van der Waals surface area (Å²) in [7, 11) is 0. The van der Waals surface area contributed by atoms with Gasteiger partial charge in [0.1, 0.15) is 0 Å². The SMILES string of the molecule is Cc1ccc(NC(=O)C(Cc2ccc(C(=O)NCCC(=O)O)cc2)c2ccc(C3CCCCC3)cc2)cc1C(F)(F)F. The zero-order chi connectivity index (χ0) is 30.3. The Morgan fingerprint density at radius 2 is 1.60 bits per heavy atom. The van der Waals surface area contributed by atoms with Gasteiger partial charge in [-0.3, -0.25) is 14.4 Å². The molecule has 3 aromatic rings. The number of amides is 2. The summed E-state index contributed by atoms with van der Waals surface area (Å²) < 4.78 is 40.5. The lowest BCUT2D eigenvalue weighted by Crippen LogP contribution is -2.26. The second kappa shape index (κ2) is 13.7. The average molecular weight is 581 g/mol. The number of carboxylic acid groups (broad SMARTS) is 1. The smallest absolute Gasteiger partial charge is 0.416 e. The van der Waals surface area contributed by atoms with Gasteiger partial charge in [0, 0.05) is 17.8 Å². The van der Waals surface area contributed by atoms with E-state index in [1.165, 1.54) is 43.9 Å². The first kappa shape index (κ1) is 30.8. The molecule has 0 heterocycles. The van der Waals surface area contributed by atoms with Crippen molar-refractivity contribution in [2.75, 3.05) is 11.9 Å². The van der Waals surface area contributed by atoms with E-state index in [0.717, 1.165) is 30.0 Å². The molecule has 6 nitrogen and oxygen atoms in total. The molecule has 0 radical (unpaired) electrons. The number of carbonyl (C=O) groups is 3. The van der Waals surface area contributed by atoms with Crippen LogP contribution in [0.1, 0.15) is 88.5 Å². The lowest BCUT2D eigenvalue weighted by atomic mass is 9.83. The van der Waals surface area contributed by atoms with Crippen LogP contribution < -0.4 is 10.6 Å².